The molecule has 1 aromatic heterocycles. The minimum absolute atomic E-state index is 0.0491. The summed E-state index contributed by atoms with van der Waals surface area (Å²) >= 11 is 1.14. The lowest BCUT2D eigenvalue weighted by atomic mass is 9.69. The summed E-state index contributed by atoms with van der Waals surface area (Å²) < 4.78 is 0. The molecule has 2 aliphatic rings. The number of aliphatic hydroxyl groups excluding tert-OH is 1. The van der Waals surface area contributed by atoms with E-state index in [1.807, 2.05) is 24.3 Å². The van der Waals surface area contributed by atoms with Gasteiger partial charge in [0.05, 0.1) is 27.0 Å². The molecule has 118 valence electrons. The monoisotopic (exact) mass is 328 g/mol. The van der Waals surface area contributed by atoms with E-state index in [0.717, 1.165) is 22.5 Å². The lowest BCUT2D eigenvalue weighted by molar-refractivity contribution is 0.0801. The van der Waals surface area contributed by atoms with E-state index in [-0.39, 0.29) is 5.78 Å². The maximum atomic E-state index is 13.2. The molecule has 1 amide bonds. The van der Waals surface area contributed by atoms with E-state index >= 15 is 0 Å². The molecule has 5 nitrogen and oxygen atoms in total. The first-order valence-electron chi connectivity index (χ1n) is 7.49. The highest BCUT2D eigenvalue weighted by Crippen LogP contribution is 2.53. The zero-order valence-electron chi connectivity index (χ0n) is 12.3. The number of carbonyl (C=O) groups excluding carboxylic acids is 2. The first-order chi connectivity index (χ1) is 11.0. The molecule has 0 saturated heterocycles. The van der Waals surface area contributed by atoms with Gasteiger partial charge in [-0.15, -0.1) is 11.3 Å². The van der Waals surface area contributed by atoms with Gasteiger partial charge in [0.15, 0.2) is 5.78 Å². The fourth-order valence-electron chi connectivity index (χ4n) is 4.07. The zero-order chi connectivity index (χ0) is 16.4. The number of carbonyl (C=O) groups is 2. The minimum atomic E-state index is -0.713. The van der Waals surface area contributed by atoms with Crippen molar-refractivity contribution in [2.45, 2.75) is 30.8 Å². The molecule has 2 aliphatic carbocycles. The van der Waals surface area contributed by atoms with E-state index in [2.05, 4.69) is 0 Å². The zero-order valence-corrected chi connectivity index (χ0v) is 13.2. The van der Waals surface area contributed by atoms with Crippen molar-refractivity contribution in [3.05, 3.63) is 51.4 Å². The van der Waals surface area contributed by atoms with Gasteiger partial charge in [0, 0.05) is 0 Å². The molecule has 0 radical (unpaired) electrons. The Labute approximate surface area is 136 Å². The second-order valence-corrected chi connectivity index (χ2v) is 7.28. The van der Waals surface area contributed by atoms with Crippen LogP contribution in [0.2, 0.25) is 0 Å². The quantitative estimate of drug-likeness (QED) is 0.743. The average Bonchev–Trinajstić information content (AvgIpc) is 3.00. The van der Waals surface area contributed by atoms with E-state index in [9.17, 15) is 14.7 Å². The number of hydrogen-bond acceptors (Lipinski definition) is 5. The minimum Gasteiger partial charge on any atom is -0.390 e. The Kier molecular flexibility index (Phi) is 2.92. The average molecular weight is 328 g/mol. The van der Waals surface area contributed by atoms with Gasteiger partial charge >= 0.3 is 0 Å². The summed E-state index contributed by atoms with van der Waals surface area (Å²) in [6, 6.07) is 7.54. The van der Waals surface area contributed by atoms with Crippen LogP contribution in [0.3, 0.4) is 0 Å². The van der Waals surface area contributed by atoms with Crippen LogP contribution in [0.4, 0.5) is 5.00 Å². The first-order valence-corrected chi connectivity index (χ1v) is 8.30. The highest BCUT2D eigenvalue weighted by molar-refractivity contribution is 7.18. The SMILES string of the molecule is NC(=O)c1c(N)sc2c1CCC1(CC(O)c3ccccc31)C2=O. The van der Waals surface area contributed by atoms with Gasteiger partial charge in [-0.25, -0.2) is 0 Å². The van der Waals surface area contributed by atoms with Gasteiger partial charge in [-0.1, -0.05) is 24.3 Å². The number of ketones is 1. The highest BCUT2D eigenvalue weighted by atomic mass is 32.1. The lowest BCUT2D eigenvalue weighted by Gasteiger charge is -2.32. The summed E-state index contributed by atoms with van der Waals surface area (Å²) in [6.45, 7) is 0. The first kappa shape index (κ1) is 14.4. The molecule has 2 unspecified atom stereocenters. The fraction of sp³-hybridized carbons (Fsp3) is 0.294. The van der Waals surface area contributed by atoms with Crippen LogP contribution < -0.4 is 11.5 Å². The molecule has 6 heteroatoms. The predicted octanol–water partition coefficient (Wildman–Crippen LogP) is 1.93. The van der Waals surface area contributed by atoms with Crippen molar-refractivity contribution in [1.29, 1.82) is 0 Å². The molecule has 2 aromatic rings. The van der Waals surface area contributed by atoms with Crippen molar-refractivity contribution in [2.75, 3.05) is 5.73 Å². The van der Waals surface area contributed by atoms with Gasteiger partial charge in [0.1, 0.15) is 0 Å². The van der Waals surface area contributed by atoms with Crippen molar-refractivity contribution in [3.8, 4) is 0 Å². The maximum absolute atomic E-state index is 13.2. The predicted molar refractivity (Wildman–Crippen MR) is 87.6 cm³/mol. The Balaban J connectivity index is 1.89. The third-order valence-corrected chi connectivity index (χ3v) is 6.16. The van der Waals surface area contributed by atoms with Crippen molar-refractivity contribution < 1.29 is 14.7 Å². The van der Waals surface area contributed by atoms with Gasteiger partial charge in [-0.2, -0.15) is 0 Å². The number of rotatable bonds is 1. The molecule has 1 heterocycles. The Morgan fingerprint density at radius 3 is 2.83 bits per heavy atom. The summed E-state index contributed by atoms with van der Waals surface area (Å²) in [5.41, 5.74) is 13.3. The molecular formula is C17H16N2O3S. The number of thiophene rings is 1. The number of benzene rings is 1. The molecule has 23 heavy (non-hydrogen) atoms. The van der Waals surface area contributed by atoms with Gasteiger partial charge in [-0.05, 0) is 36.0 Å². The molecule has 0 aliphatic heterocycles. The number of anilines is 1. The van der Waals surface area contributed by atoms with E-state index in [1.165, 1.54) is 0 Å². The Morgan fingerprint density at radius 2 is 2.09 bits per heavy atom. The number of nitrogens with two attached hydrogens (primary N) is 2. The molecule has 1 spiro atoms. The van der Waals surface area contributed by atoms with E-state index in [4.69, 9.17) is 11.5 Å². The fourth-order valence-corrected chi connectivity index (χ4v) is 5.23. The van der Waals surface area contributed by atoms with Crippen molar-refractivity contribution in [2.24, 2.45) is 5.73 Å². The standard InChI is InChI=1S/C17H16N2O3S/c18-15(22)12-9-5-6-17(14(21)13(9)23-16(12)19)7-11(20)8-3-1-2-4-10(8)17/h1-4,11,20H,5-7,19H2,(H2,18,22). The van der Waals surface area contributed by atoms with Crippen LogP contribution in [0.15, 0.2) is 24.3 Å². The number of hydrogen-bond donors (Lipinski definition) is 3. The lowest BCUT2D eigenvalue weighted by Crippen LogP contribution is -2.38. The summed E-state index contributed by atoms with van der Waals surface area (Å²) in [7, 11) is 0. The van der Waals surface area contributed by atoms with Gasteiger partial charge in [0.25, 0.3) is 5.91 Å². The summed E-state index contributed by atoms with van der Waals surface area (Å²) in [6.07, 6.45) is 0.871. The molecule has 0 fully saturated rings. The maximum Gasteiger partial charge on any atom is 0.251 e. The van der Waals surface area contributed by atoms with E-state index in [1.54, 1.807) is 0 Å². The van der Waals surface area contributed by atoms with Crippen LogP contribution in [0, 0.1) is 0 Å². The van der Waals surface area contributed by atoms with Crippen LogP contribution in [0.25, 0.3) is 0 Å². The topological polar surface area (TPSA) is 106 Å². The normalized spacial score (nSPS) is 25.4. The van der Waals surface area contributed by atoms with Gasteiger partial charge < -0.3 is 16.6 Å². The summed E-state index contributed by atoms with van der Waals surface area (Å²) in [5.74, 6) is -0.637. The van der Waals surface area contributed by atoms with Gasteiger partial charge in [-0.3, -0.25) is 9.59 Å². The molecule has 0 saturated carbocycles. The smallest absolute Gasteiger partial charge is 0.251 e. The molecular weight excluding hydrogens is 312 g/mol. The van der Waals surface area contributed by atoms with Crippen LogP contribution in [0.5, 0.6) is 0 Å². The Bertz CT molecular complexity index is 858. The van der Waals surface area contributed by atoms with E-state index < -0.39 is 17.4 Å². The largest absolute Gasteiger partial charge is 0.390 e. The number of fused-ring (bicyclic) bond motifs is 3. The Morgan fingerprint density at radius 1 is 1.35 bits per heavy atom. The third kappa shape index (κ3) is 1.76. The second-order valence-electron chi connectivity index (χ2n) is 6.23. The van der Waals surface area contributed by atoms with Crippen LogP contribution in [-0.4, -0.2) is 16.8 Å². The number of aliphatic hydroxyl groups is 1. The number of amides is 1. The third-order valence-electron chi connectivity index (χ3n) is 5.10. The highest BCUT2D eigenvalue weighted by Gasteiger charge is 2.52. The van der Waals surface area contributed by atoms with Crippen LogP contribution in [-0.2, 0) is 11.8 Å². The van der Waals surface area contributed by atoms with Crippen LogP contribution in [0.1, 0.15) is 55.7 Å². The Hall–Kier alpha value is -2.18. The van der Waals surface area contributed by atoms with Crippen molar-refractivity contribution >= 4 is 28.0 Å². The second kappa shape index (κ2) is 4.66. The molecule has 5 N–H and O–H groups in total. The van der Waals surface area contributed by atoms with E-state index in [0.29, 0.717) is 40.3 Å². The molecule has 2 atom stereocenters. The number of primary amides is 1. The van der Waals surface area contributed by atoms with Crippen molar-refractivity contribution in [3.63, 3.8) is 0 Å². The molecule has 1 aromatic carbocycles. The number of Topliss-reactive ketones (excluding diaryl/α,β-unsaturated/α-hetero) is 1. The molecule has 0 bridgehead atoms. The van der Waals surface area contributed by atoms with Gasteiger partial charge in [0.2, 0.25) is 0 Å². The summed E-state index contributed by atoms with van der Waals surface area (Å²) in [5, 5.41) is 10.7. The van der Waals surface area contributed by atoms with Crippen molar-refractivity contribution in [1.82, 2.24) is 0 Å². The number of nitrogen functional groups attached to an aromatic ring is 1. The van der Waals surface area contributed by atoms with Crippen LogP contribution >= 0.6 is 11.3 Å². The molecule has 4 rings (SSSR count). The summed E-state index contributed by atoms with van der Waals surface area (Å²) in [4.78, 5) is 25.4.